The normalized spacial score (nSPS) is 13.7. The summed E-state index contributed by atoms with van der Waals surface area (Å²) in [7, 11) is -3.02. The molecule has 1 atom stereocenters. The Bertz CT molecular complexity index is 391. The number of nitrogens with two attached hydrogens (primary N) is 1. The van der Waals surface area contributed by atoms with Gasteiger partial charge >= 0.3 is 0 Å². The Labute approximate surface area is 89.6 Å². The lowest BCUT2D eigenvalue weighted by atomic mass is 10.1. The zero-order valence-electron chi connectivity index (χ0n) is 8.55. The average Bonchev–Trinajstić information content (AvgIpc) is 2.16. The summed E-state index contributed by atoms with van der Waals surface area (Å²) >= 11 is 0. The first-order valence-electron chi connectivity index (χ1n) is 4.54. The Morgan fingerprint density at radius 3 is 2.80 bits per heavy atom. The molecular formula is C9H15N3O2S. The molecule has 0 saturated carbocycles. The molecule has 0 bridgehead atoms. The second-order valence-electron chi connectivity index (χ2n) is 3.52. The first-order chi connectivity index (χ1) is 7.01. The summed E-state index contributed by atoms with van der Waals surface area (Å²) in [5.41, 5.74) is 3.46. The van der Waals surface area contributed by atoms with E-state index in [9.17, 15) is 8.42 Å². The summed E-state index contributed by atoms with van der Waals surface area (Å²) in [5, 5.41) is 0. The van der Waals surface area contributed by atoms with Gasteiger partial charge in [-0.25, -0.2) is 8.42 Å². The molecule has 6 heteroatoms. The fourth-order valence-corrected chi connectivity index (χ4v) is 2.28. The van der Waals surface area contributed by atoms with E-state index >= 15 is 0 Å². The van der Waals surface area contributed by atoms with E-state index in [4.69, 9.17) is 5.84 Å². The van der Waals surface area contributed by atoms with Crippen LogP contribution in [0.2, 0.25) is 0 Å². The van der Waals surface area contributed by atoms with Crippen LogP contribution in [-0.2, 0) is 16.3 Å². The number of nitrogens with one attached hydrogen (secondary N) is 1. The quantitative estimate of drug-likeness (QED) is 0.525. The number of sulfone groups is 1. The van der Waals surface area contributed by atoms with Crippen LogP contribution in [-0.4, -0.2) is 31.5 Å². The van der Waals surface area contributed by atoms with Crippen LogP contribution >= 0.6 is 0 Å². The van der Waals surface area contributed by atoms with Gasteiger partial charge in [0.25, 0.3) is 0 Å². The second kappa shape index (κ2) is 5.20. The van der Waals surface area contributed by atoms with Gasteiger partial charge in [-0.05, 0) is 18.1 Å². The first kappa shape index (κ1) is 12.1. The summed E-state index contributed by atoms with van der Waals surface area (Å²) in [4.78, 5) is 3.95. The molecule has 5 nitrogen and oxygen atoms in total. The van der Waals surface area contributed by atoms with Crippen molar-refractivity contribution in [1.82, 2.24) is 10.4 Å². The van der Waals surface area contributed by atoms with Crippen LogP contribution in [0.3, 0.4) is 0 Å². The molecule has 0 aliphatic carbocycles. The zero-order valence-corrected chi connectivity index (χ0v) is 9.37. The van der Waals surface area contributed by atoms with E-state index < -0.39 is 9.84 Å². The van der Waals surface area contributed by atoms with Crippen molar-refractivity contribution in [1.29, 1.82) is 0 Å². The smallest absolute Gasteiger partial charge is 0.149 e. The second-order valence-corrected chi connectivity index (χ2v) is 5.71. The van der Waals surface area contributed by atoms with Gasteiger partial charge in [0.05, 0.1) is 5.75 Å². The molecule has 0 spiro atoms. The van der Waals surface area contributed by atoms with Crippen LogP contribution in [0.4, 0.5) is 0 Å². The van der Waals surface area contributed by atoms with Gasteiger partial charge in [-0.3, -0.25) is 16.3 Å². The minimum Gasteiger partial charge on any atom is -0.271 e. The van der Waals surface area contributed by atoms with Crippen LogP contribution in [0.1, 0.15) is 5.56 Å². The summed E-state index contributed by atoms with van der Waals surface area (Å²) in [5.74, 6) is 5.32. The van der Waals surface area contributed by atoms with Crippen LogP contribution < -0.4 is 11.3 Å². The molecule has 1 unspecified atom stereocenters. The number of nitrogens with zero attached hydrogens (tertiary/aromatic N) is 1. The van der Waals surface area contributed by atoms with E-state index in [0.29, 0.717) is 6.42 Å². The first-order valence-corrected chi connectivity index (χ1v) is 6.60. The number of pyridine rings is 1. The fraction of sp³-hybridized carbons (Fsp3) is 0.444. The molecule has 0 aliphatic heterocycles. The van der Waals surface area contributed by atoms with Crippen molar-refractivity contribution in [3.63, 3.8) is 0 Å². The predicted molar refractivity (Wildman–Crippen MR) is 58.8 cm³/mol. The molecule has 15 heavy (non-hydrogen) atoms. The van der Waals surface area contributed by atoms with Crippen LogP contribution in [0.25, 0.3) is 0 Å². The molecule has 3 N–H and O–H groups in total. The molecule has 1 heterocycles. The maximum absolute atomic E-state index is 11.1. The lowest BCUT2D eigenvalue weighted by Crippen LogP contribution is -2.41. The molecule has 1 aromatic rings. The van der Waals surface area contributed by atoms with Crippen LogP contribution in [0, 0.1) is 0 Å². The molecule has 0 saturated heterocycles. The zero-order chi connectivity index (χ0) is 11.3. The summed E-state index contributed by atoms with van der Waals surface area (Å²) in [6.07, 6.45) is 5.12. The van der Waals surface area contributed by atoms with E-state index in [1.165, 1.54) is 6.26 Å². The third kappa shape index (κ3) is 4.87. The predicted octanol–water partition coefficient (Wildman–Crippen LogP) is -0.499. The Morgan fingerprint density at radius 1 is 1.60 bits per heavy atom. The highest BCUT2D eigenvalue weighted by molar-refractivity contribution is 7.90. The van der Waals surface area contributed by atoms with Gasteiger partial charge in [-0.2, -0.15) is 0 Å². The van der Waals surface area contributed by atoms with E-state index in [-0.39, 0.29) is 11.8 Å². The van der Waals surface area contributed by atoms with Crippen molar-refractivity contribution in [3.05, 3.63) is 30.1 Å². The number of aromatic nitrogens is 1. The maximum Gasteiger partial charge on any atom is 0.149 e. The third-order valence-corrected chi connectivity index (χ3v) is 2.95. The molecule has 0 aliphatic rings. The standard InChI is InChI=1S/C9H15N3O2S/c1-15(13,14)7-9(12-10)5-8-3-2-4-11-6-8/h2-4,6,9,12H,5,7,10H2,1H3. The lowest BCUT2D eigenvalue weighted by Gasteiger charge is -2.14. The topological polar surface area (TPSA) is 85.1 Å². The SMILES string of the molecule is CS(=O)(=O)CC(Cc1cccnc1)NN. The van der Waals surface area contributed by atoms with Gasteiger partial charge in [-0.15, -0.1) is 0 Å². The van der Waals surface area contributed by atoms with Gasteiger partial charge in [0.1, 0.15) is 9.84 Å². The molecule has 0 amide bonds. The van der Waals surface area contributed by atoms with Crippen molar-refractivity contribution in [2.75, 3.05) is 12.0 Å². The van der Waals surface area contributed by atoms with Gasteiger partial charge in [0.2, 0.25) is 0 Å². The highest BCUT2D eigenvalue weighted by Gasteiger charge is 2.14. The molecule has 84 valence electrons. The Hall–Kier alpha value is -0.980. The molecule has 1 aromatic heterocycles. The van der Waals surface area contributed by atoms with Gasteiger partial charge in [0.15, 0.2) is 0 Å². The van der Waals surface area contributed by atoms with E-state index in [1.807, 2.05) is 12.1 Å². The van der Waals surface area contributed by atoms with E-state index in [1.54, 1.807) is 12.4 Å². The van der Waals surface area contributed by atoms with Crippen molar-refractivity contribution in [2.24, 2.45) is 5.84 Å². The van der Waals surface area contributed by atoms with E-state index in [0.717, 1.165) is 5.56 Å². The van der Waals surface area contributed by atoms with E-state index in [2.05, 4.69) is 10.4 Å². The fourth-order valence-electron chi connectivity index (χ4n) is 1.33. The van der Waals surface area contributed by atoms with Crippen LogP contribution in [0.15, 0.2) is 24.5 Å². The molecule has 0 radical (unpaired) electrons. The number of rotatable bonds is 5. The lowest BCUT2D eigenvalue weighted by molar-refractivity contribution is 0.545. The van der Waals surface area contributed by atoms with Gasteiger partial charge in [0, 0.05) is 24.7 Å². The largest absolute Gasteiger partial charge is 0.271 e. The Morgan fingerprint density at radius 2 is 2.33 bits per heavy atom. The van der Waals surface area contributed by atoms with Crippen molar-refractivity contribution < 1.29 is 8.42 Å². The highest BCUT2D eigenvalue weighted by atomic mass is 32.2. The van der Waals surface area contributed by atoms with Crippen molar-refractivity contribution >= 4 is 9.84 Å². The third-order valence-electron chi connectivity index (χ3n) is 1.94. The Balaban J connectivity index is 2.63. The van der Waals surface area contributed by atoms with Gasteiger partial charge in [-0.1, -0.05) is 6.07 Å². The highest BCUT2D eigenvalue weighted by Crippen LogP contribution is 2.02. The summed E-state index contributed by atoms with van der Waals surface area (Å²) in [6, 6.07) is 3.42. The maximum atomic E-state index is 11.1. The number of hydrogen-bond donors (Lipinski definition) is 2. The summed E-state index contributed by atoms with van der Waals surface area (Å²) < 4.78 is 22.2. The minimum absolute atomic E-state index is 0.0262. The minimum atomic E-state index is -3.02. The molecule has 1 rings (SSSR count). The summed E-state index contributed by atoms with van der Waals surface area (Å²) in [6.45, 7) is 0. The van der Waals surface area contributed by atoms with Crippen molar-refractivity contribution in [2.45, 2.75) is 12.5 Å². The van der Waals surface area contributed by atoms with Gasteiger partial charge < -0.3 is 0 Å². The van der Waals surface area contributed by atoms with Crippen LogP contribution in [0.5, 0.6) is 0 Å². The van der Waals surface area contributed by atoms with Crippen molar-refractivity contribution in [3.8, 4) is 0 Å². The molecule has 0 aromatic carbocycles. The Kier molecular flexibility index (Phi) is 4.19. The average molecular weight is 229 g/mol. The molecular weight excluding hydrogens is 214 g/mol. The molecule has 0 fully saturated rings. The number of hydrazine groups is 1. The monoisotopic (exact) mass is 229 g/mol. The number of hydrogen-bond acceptors (Lipinski definition) is 5.